The highest BCUT2D eigenvalue weighted by atomic mass is 16.3. The molecule has 1 amide bonds. The molecule has 1 aromatic carbocycles. The van der Waals surface area contributed by atoms with E-state index < -0.39 is 11.5 Å². The average Bonchev–Trinajstić information content (AvgIpc) is 2.64. The predicted octanol–water partition coefficient (Wildman–Crippen LogP) is 2.22. The summed E-state index contributed by atoms with van der Waals surface area (Å²) in [5, 5.41) is 13.5. The summed E-state index contributed by atoms with van der Waals surface area (Å²) in [7, 11) is 0. The topological polar surface area (TPSA) is 84.2 Å². The van der Waals surface area contributed by atoms with Crippen LogP contribution in [0.3, 0.4) is 0 Å². The number of benzene rings is 1. The molecule has 0 bridgehead atoms. The number of para-hydroxylation sites is 1. The van der Waals surface area contributed by atoms with Crippen molar-refractivity contribution in [2.45, 2.75) is 13.1 Å². The van der Waals surface area contributed by atoms with E-state index in [-0.39, 0.29) is 24.4 Å². The summed E-state index contributed by atoms with van der Waals surface area (Å²) in [6.45, 7) is 4.04. The molecule has 0 fully saturated rings. The monoisotopic (exact) mass is 335 g/mol. The first-order chi connectivity index (χ1) is 12.1. The van der Waals surface area contributed by atoms with Crippen LogP contribution in [0.25, 0.3) is 10.9 Å². The summed E-state index contributed by atoms with van der Waals surface area (Å²) >= 11 is 0. The van der Waals surface area contributed by atoms with E-state index in [4.69, 9.17) is 0 Å². The van der Waals surface area contributed by atoms with Gasteiger partial charge in [0, 0.05) is 18.1 Å². The van der Waals surface area contributed by atoms with Crippen LogP contribution in [-0.4, -0.2) is 20.6 Å². The van der Waals surface area contributed by atoms with Gasteiger partial charge in [0.2, 0.25) is 0 Å². The SMILES string of the molecule is C=CCn1c(=O)c(C(=O)NCc2ccccn2)c(O)c2ccccc21. The molecule has 0 atom stereocenters. The second kappa shape index (κ2) is 7.00. The molecule has 126 valence electrons. The number of aromatic nitrogens is 2. The van der Waals surface area contributed by atoms with E-state index in [1.54, 1.807) is 54.7 Å². The second-order valence-corrected chi connectivity index (χ2v) is 5.45. The molecule has 3 rings (SSSR count). The van der Waals surface area contributed by atoms with Crippen LogP contribution < -0.4 is 10.9 Å². The molecule has 2 heterocycles. The minimum absolute atomic E-state index is 0.160. The maximum absolute atomic E-state index is 12.7. The lowest BCUT2D eigenvalue weighted by atomic mass is 10.1. The van der Waals surface area contributed by atoms with Crippen molar-refractivity contribution < 1.29 is 9.90 Å². The first-order valence-electron chi connectivity index (χ1n) is 7.77. The van der Waals surface area contributed by atoms with Crippen molar-refractivity contribution in [2.24, 2.45) is 0 Å². The number of rotatable bonds is 5. The van der Waals surface area contributed by atoms with Crippen LogP contribution >= 0.6 is 0 Å². The van der Waals surface area contributed by atoms with Crippen LogP contribution in [0.1, 0.15) is 16.1 Å². The van der Waals surface area contributed by atoms with Crippen molar-refractivity contribution >= 4 is 16.8 Å². The fourth-order valence-electron chi connectivity index (χ4n) is 2.67. The summed E-state index contributed by atoms with van der Waals surface area (Å²) in [5.41, 5.74) is 0.361. The predicted molar refractivity (Wildman–Crippen MR) is 95.5 cm³/mol. The molecular weight excluding hydrogens is 318 g/mol. The number of fused-ring (bicyclic) bond motifs is 1. The van der Waals surface area contributed by atoms with E-state index in [0.717, 1.165) is 0 Å². The molecule has 0 saturated carbocycles. The van der Waals surface area contributed by atoms with E-state index in [1.807, 2.05) is 0 Å². The third kappa shape index (κ3) is 3.14. The van der Waals surface area contributed by atoms with Crippen molar-refractivity contribution in [3.8, 4) is 5.75 Å². The van der Waals surface area contributed by atoms with E-state index in [0.29, 0.717) is 16.6 Å². The Bertz CT molecular complexity index is 994. The van der Waals surface area contributed by atoms with Crippen molar-refractivity contribution in [3.63, 3.8) is 0 Å². The third-order valence-corrected chi connectivity index (χ3v) is 3.84. The van der Waals surface area contributed by atoms with E-state index >= 15 is 0 Å². The summed E-state index contributed by atoms with van der Waals surface area (Å²) in [6.07, 6.45) is 3.19. The van der Waals surface area contributed by atoms with Crippen LogP contribution in [0.4, 0.5) is 0 Å². The lowest BCUT2D eigenvalue weighted by molar-refractivity contribution is 0.0946. The molecule has 2 N–H and O–H groups in total. The number of amides is 1. The average molecular weight is 335 g/mol. The smallest absolute Gasteiger partial charge is 0.268 e. The zero-order valence-corrected chi connectivity index (χ0v) is 13.5. The van der Waals surface area contributed by atoms with E-state index in [2.05, 4.69) is 16.9 Å². The number of nitrogens with one attached hydrogen (secondary N) is 1. The molecule has 0 aliphatic carbocycles. The summed E-state index contributed by atoms with van der Waals surface area (Å²) in [6, 6.07) is 12.2. The molecule has 0 radical (unpaired) electrons. The van der Waals surface area contributed by atoms with Crippen molar-refractivity contribution in [3.05, 3.63) is 82.9 Å². The Morgan fingerprint density at radius 3 is 2.72 bits per heavy atom. The highest BCUT2D eigenvalue weighted by Crippen LogP contribution is 2.26. The Labute approximate surface area is 144 Å². The minimum atomic E-state index is -0.642. The maximum Gasteiger partial charge on any atom is 0.268 e. The van der Waals surface area contributed by atoms with Gasteiger partial charge in [0.25, 0.3) is 11.5 Å². The van der Waals surface area contributed by atoms with Crippen molar-refractivity contribution in [1.29, 1.82) is 0 Å². The van der Waals surface area contributed by atoms with Crippen LogP contribution in [0.15, 0.2) is 66.1 Å². The fraction of sp³-hybridized carbons (Fsp3) is 0.105. The van der Waals surface area contributed by atoms with Gasteiger partial charge in [-0.2, -0.15) is 0 Å². The number of carbonyl (C=O) groups is 1. The Kier molecular flexibility index (Phi) is 4.61. The van der Waals surface area contributed by atoms with Crippen LogP contribution in [0.5, 0.6) is 5.75 Å². The number of aromatic hydroxyl groups is 1. The maximum atomic E-state index is 12.7. The van der Waals surface area contributed by atoms with Crippen LogP contribution in [0, 0.1) is 0 Å². The number of allylic oxidation sites excluding steroid dienone is 1. The molecule has 0 aliphatic heterocycles. The van der Waals surface area contributed by atoms with Crippen LogP contribution in [-0.2, 0) is 13.1 Å². The van der Waals surface area contributed by atoms with Gasteiger partial charge in [-0.1, -0.05) is 24.3 Å². The molecule has 6 nitrogen and oxygen atoms in total. The fourth-order valence-corrected chi connectivity index (χ4v) is 2.67. The van der Waals surface area contributed by atoms with Gasteiger partial charge in [-0.25, -0.2) is 0 Å². The quantitative estimate of drug-likeness (QED) is 0.700. The summed E-state index contributed by atoms with van der Waals surface area (Å²) in [4.78, 5) is 29.4. The molecule has 0 spiro atoms. The lowest BCUT2D eigenvalue weighted by Gasteiger charge is -2.13. The molecule has 0 saturated heterocycles. The number of hydrogen-bond donors (Lipinski definition) is 2. The van der Waals surface area contributed by atoms with Gasteiger partial charge in [0.1, 0.15) is 11.3 Å². The van der Waals surface area contributed by atoms with Gasteiger partial charge in [0.05, 0.1) is 17.8 Å². The van der Waals surface area contributed by atoms with Crippen LogP contribution in [0.2, 0.25) is 0 Å². The van der Waals surface area contributed by atoms with Gasteiger partial charge in [0.15, 0.2) is 0 Å². The van der Waals surface area contributed by atoms with Gasteiger partial charge in [-0.15, -0.1) is 6.58 Å². The summed E-state index contributed by atoms with van der Waals surface area (Å²) < 4.78 is 1.41. The van der Waals surface area contributed by atoms with Gasteiger partial charge in [-0.05, 0) is 24.3 Å². The summed E-state index contributed by atoms with van der Waals surface area (Å²) in [5.74, 6) is -0.962. The zero-order chi connectivity index (χ0) is 17.8. The Hall–Kier alpha value is -3.41. The minimum Gasteiger partial charge on any atom is -0.506 e. The van der Waals surface area contributed by atoms with Crippen molar-refractivity contribution in [1.82, 2.24) is 14.9 Å². The molecule has 2 aromatic heterocycles. The molecule has 25 heavy (non-hydrogen) atoms. The van der Waals surface area contributed by atoms with E-state index in [9.17, 15) is 14.7 Å². The standard InChI is InChI=1S/C19H17N3O3/c1-2-11-22-15-9-4-3-8-14(15)17(23)16(19(22)25)18(24)21-12-13-7-5-6-10-20-13/h2-10,23H,1,11-12H2,(H,21,24). The largest absolute Gasteiger partial charge is 0.506 e. The number of pyridine rings is 2. The number of hydrogen-bond acceptors (Lipinski definition) is 4. The number of carbonyl (C=O) groups excluding carboxylic acids is 1. The first kappa shape index (κ1) is 16.4. The number of nitrogens with zero attached hydrogens (tertiary/aromatic N) is 2. The normalized spacial score (nSPS) is 10.6. The Morgan fingerprint density at radius 1 is 1.24 bits per heavy atom. The highest BCUT2D eigenvalue weighted by Gasteiger charge is 2.21. The highest BCUT2D eigenvalue weighted by molar-refractivity contribution is 6.02. The Balaban J connectivity index is 2.04. The molecule has 0 aliphatic rings. The van der Waals surface area contributed by atoms with Crippen molar-refractivity contribution in [2.75, 3.05) is 0 Å². The van der Waals surface area contributed by atoms with Gasteiger partial charge in [-0.3, -0.25) is 14.6 Å². The van der Waals surface area contributed by atoms with Gasteiger partial charge < -0.3 is 15.0 Å². The Morgan fingerprint density at radius 2 is 2.00 bits per heavy atom. The second-order valence-electron chi connectivity index (χ2n) is 5.45. The lowest BCUT2D eigenvalue weighted by Crippen LogP contribution is -2.33. The molecule has 0 unspecified atom stereocenters. The molecular formula is C19H17N3O3. The third-order valence-electron chi connectivity index (χ3n) is 3.84. The first-order valence-corrected chi connectivity index (χ1v) is 7.77. The molecule has 6 heteroatoms. The van der Waals surface area contributed by atoms with Gasteiger partial charge >= 0.3 is 0 Å². The molecule has 3 aromatic rings. The zero-order valence-electron chi connectivity index (χ0n) is 13.5. The van der Waals surface area contributed by atoms with E-state index in [1.165, 1.54) is 4.57 Å².